The van der Waals surface area contributed by atoms with Crippen LogP contribution in [0.5, 0.6) is 0 Å². The first kappa shape index (κ1) is 16.5. The SMILES string of the molecule is C=CCN(CCOC)S(=O)(=O)c1cc(N)c(F)cc1F. The first-order chi connectivity index (χ1) is 9.34. The predicted molar refractivity (Wildman–Crippen MR) is 71.6 cm³/mol. The van der Waals surface area contributed by atoms with Crippen molar-refractivity contribution in [2.45, 2.75) is 4.90 Å². The van der Waals surface area contributed by atoms with Gasteiger partial charge in [0.2, 0.25) is 10.0 Å². The molecule has 0 bridgehead atoms. The average molecular weight is 306 g/mol. The molecule has 0 spiro atoms. The van der Waals surface area contributed by atoms with E-state index in [4.69, 9.17) is 10.5 Å². The van der Waals surface area contributed by atoms with Crippen molar-refractivity contribution >= 4 is 15.7 Å². The molecule has 0 radical (unpaired) electrons. The molecular formula is C12H16F2N2O3S. The Morgan fingerprint density at radius 3 is 2.60 bits per heavy atom. The van der Waals surface area contributed by atoms with Crippen LogP contribution in [0.2, 0.25) is 0 Å². The van der Waals surface area contributed by atoms with E-state index < -0.39 is 32.2 Å². The zero-order chi connectivity index (χ0) is 15.3. The van der Waals surface area contributed by atoms with Gasteiger partial charge in [0.15, 0.2) is 0 Å². The van der Waals surface area contributed by atoms with Crippen LogP contribution in [-0.4, -0.2) is 39.5 Å². The van der Waals surface area contributed by atoms with Crippen molar-refractivity contribution < 1.29 is 21.9 Å². The van der Waals surface area contributed by atoms with E-state index in [1.165, 1.54) is 13.2 Å². The minimum absolute atomic E-state index is 0.0155. The fraction of sp³-hybridized carbons (Fsp3) is 0.333. The molecule has 5 nitrogen and oxygen atoms in total. The van der Waals surface area contributed by atoms with Crippen LogP contribution in [0.25, 0.3) is 0 Å². The van der Waals surface area contributed by atoms with Gasteiger partial charge in [0.25, 0.3) is 0 Å². The van der Waals surface area contributed by atoms with Gasteiger partial charge in [0, 0.05) is 26.3 Å². The molecule has 0 heterocycles. The number of methoxy groups -OCH3 is 1. The van der Waals surface area contributed by atoms with Crippen LogP contribution in [-0.2, 0) is 14.8 Å². The van der Waals surface area contributed by atoms with Crippen LogP contribution in [0.15, 0.2) is 29.7 Å². The van der Waals surface area contributed by atoms with Crippen LogP contribution in [0, 0.1) is 11.6 Å². The van der Waals surface area contributed by atoms with Gasteiger partial charge in [-0.15, -0.1) is 6.58 Å². The molecule has 0 unspecified atom stereocenters. The van der Waals surface area contributed by atoms with Crippen molar-refractivity contribution in [1.82, 2.24) is 4.31 Å². The van der Waals surface area contributed by atoms with Crippen LogP contribution in [0.1, 0.15) is 0 Å². The highest BCUT2D eigenvalue weighted by Crippen LogP contribution is 2.24. The van der Waals surface area contributed by atoms with Crippen LogP contribution in [0.3, 0.4) is 0 Å². The maximum Gasteiger partial charge on any atom is 0.246 e. The molecule has 0 aliphatic rings. The van der Waals surface area contributed by atoms with Crippen molar-refractivity contribution in [3.05, 3.63) is 36.4 Å². The molecule has 0 atom stereocenters. The van der Waals surface area contributed by atoms with Crippen LogP contribution in [0.4, 0.5) is 14.5 Å². The molecule has 1 aromatic rings. The van der Waals surface area contributed by atoms with E-state index in [-0.39, 0.29) is 19.7 Å². The van der Waals surface area contributed by atoms with Gasteiger partial charge in [0.1, 0.15) is 16.5 Å². The minimum Gasteiger partial charge on any atom is -0.396 e. The highest BCUT2D eigenvalue weighted by molar-refractivity contribution is 7.89. The number of ether oxygens (including phenoxy) is 1. The zero-order valence-electron chi connectivity index (χ0n) is 11.0. The fourth-order valence-electron chi connectivity index (χ4n) is 1.53. The van der Waals surface area contributed by atoms with E-state index >= 15 is 0 Å². The van der Waals surface area contributed by atoms with E-state index in [1.807, 2.05) is 0 Å². The lowest BCUT2D eigenvalue weighted by atomic mass is 10.3. The van der Waals surface area contributed by atoms with Gasteiger partial charge in [-0.05, 0) is 6.07 Å². The van der Waals surface area contributed by atoms with Crippen molar-refractivity contribution in [2.75, 3.05) is 32.5 Å². The lowest BCUT2D eigenvalue weighted by Gasteiger charge is -2.20. The fourth-order valence-corrected chi connectivity index (χ4v) is 3.00. The first-order valence-corrected chi connectivity index (χ1v) is 7.13. The Morgan fingerprint density at radius 1 is 1.40 bits per heavy atom. The molecule has 8 heteroatoms. The van der Waals surface area contributed by atoms with Crippen LogP contribution < -0.4 is 5.73 Å². The third kappa shape index (κ3) is 3.53. The molecule has 0 amide bonds. The van der Waals surface area contributed by atoms with Gasteiger partial charge in [-0.1, -0.05) is 6.08 Å². The Hall–Kier alpha value is -1.51. The number of sulfonamides is 1. The normalized spacial score (nSPS) is 11.8. The summed E-state index contributed by atoms with van der Waals surface area (Å²) in [7, 11) is -2.73. The lowest BCUT2D eigenvalue weighted by Crippen LogP contribution is -2.34. The van der Waals surface area contributed by atoms with Gasteiger partial charge in [0.05, 0.1) is 12.3 Å². The van der Waals surface area contributed by atoms with Crippen molar-refractivity contribution in [3.63, 3.8) is 0 Å². The Labute approximate surface area is 116 Å². The molecule has 0 fully saturated rings. The maximum atomic E-state index is 13.7. The second kappa shape index (κ2) is 6.78. The van der Waals surface area contributed by atoms with Crippen molar-refractivity contribution in [2.24, 2.45) is 0 Å². The first-order valence-electron chi connectivity index (χ1n) is 5.69. The van der Waals surface area contributed by atoms with Crippen molar-refractivity contribution in [1.29, 1.82) is 0 Å². The Morgan fingerprint density at radius 2 is 2.05 bits per heavy atom. The molecule has 0 saturated heterocycles. The van der Waals surface area contributed by atoms with E-state index in [1.54, 1.807) is 0 Å². The third-order valence-electron chi connectivity index (χ3n) is 2.55. The van der Waals surface area contributed by atoms with Crippen molar-refractivity contribution in [3.8, 4) is 0 Å². The molecule has 20 heavy (non-hydrogen) atoms. The Balaban J connectivity index is 3.25. The molecule has 0 saturated carbocycles. The van der Waals surface area contributed by atoms with E-state index in [0.717, 1.165) is 10.4 Å². The Kier molecular flexibility index (Phi) is 5.61. The van der Waals surface area contributed by atoms with Gasteiger partial charge in [-0.2, -0.15) is 4.31 Å². The number of nitrogens with two attached hydrogens (primary N) is 1. The second-order valence-corrected chi connectivity index (χ2v) is 5.86. The standard InChI is InChI=1S/C12H16F2N2O3S/c1-3-4-16(5-6-19-2)20(17,18)12-8-11(15)9(13)7-10(12)14/h3,7-8H,1,4-6,15H2,2H3. The number of rotatable bonds is 7. The summed E-state index contributed by atoms with van der Waals surface area (Å²) in [6.07, 6.45) is 1.36. The summed E-state index contributed by atoms with van der Waals surface area (Å²) in [5.74, 6) is -2.20. The third-order valence-corrected chi connectivity index (χ3v) is 4.43. The summed E-state index contributed by atoms with van der Waals surface area (Å²) in [4.78, 5) is -0.672. The summed E-state index contributed by atoms with van der Waals surface area (Å²) >= 11 is 0. The summed E-state index contributed by atoms with van der Waals surface area (Å²) in [5.41, 5.74) is 4.86. The number of nitrogens with zero attached hydrogens (tertiary/aromatic N) is 1. The molecule has 2 N–H and O–H groups in total. The number of halogens is 2. The van der Waals surface area contributed by atoms with Gasteiger partial charge < -0.3 is 10.5 Å². The lowest BCUT2D eigenvalue weighted by molar-refractivity contribution is 0.182. The highest BCUT2D eigenvalue weighted by atomic mass is 32.2. The quantitative estimate of drug-likeness (QED) is 0.610. The number of hydrogen-bond acceptors (Lipinski definition) is 4. The summed E-state index contributed by atoms with van der Waals surface area (Å²) in [5, 5.41) is 0. The second-order valence-electron chi connectivity index (χ2n) is 3.95. The summed E-state index contributed by atoms with van der Waals surface area (Å²) < 4.78 is 57.2. The largest absolute Gasteiger partial charge is 0.396 e. The van der Waals surface area contributed by atoms with Crippen LogP contribution >= 0.6 is 0 Å². The molecule has 1 rings (SSSR count). The number of nitrogen functional groups attached to an aromatic ring is 1. The number of anilines is 1. The smallest absolute Gasteiger partial charge is 0.246 e. The minimum atomic E-state index is -4.14. The molecular weight excluding hydrogens is 290 g/mol. The monoisotopic (exact) mass is 306 g/mol. The Bertz CT molecular complexity index is 591. The molecule has 0 aliphatic carbocycles. The summed E-state index contributed by atoms with van der Waals surface area (Å²) in [6.45, 7) is 3.56. The molecule has 0 aliphatic heterocycles. The van der Waals surface area contributed by atoms with Gasteiger partial charge in [-0.25, -0.2) is 17.2 Å². The van der Waals surface area contributed by atoms with Gasteiger partial charge >= 0.3 is 0 Å². The predicted octanol–water partition coefficient (Wildman–Crippen LogP) is 1.37. The molecule has 112 valence electrons. The zero-order valence-corrected chi connectivity index (χ0v) is 11.8. The highest BCUT2D eigenvalue weighted by Gasteiger charge is 2.27. The van der Waals surface area contributed by atoms with E-state index in [2.05, 4.69) is 6.58 Å². The van der Waals surface area contributed by atoms with E-state index in [0.29, 0.717) is 6.07 Å². The number of benzene rings is 1. The summed E-state index contributed by atoms with van der Waals surface area (Å²) in [6, 6.07) is 1.22. The maximum absolute atomic E-state index is 13.7. The number of hydrogen-bond donors (Lipinski definition) is 1. The topological polar surface area (TPSA) is 72.6 Å². The van der Waals surface area contributed by atoms with Gasteiger partial charge in [-0.3, -0.25) is 0 Å². The molecule has 0 aromatic heterocycles. The molecule has 1 aromatic carbocycles. The van der Waals surface area contributed by atoms with E-state index in [9.17, 15) is 17.2 Å². The average Bonchev–Trinajstić information content (AvgIpc) is 2.38.